The molecule has 0 aliphatic rings. The van der Waals surface area contributed by atoms with E-state index in [0.717, 1.165) is 5.56 Å². The van der Waals surface area contributed by atoms with Crippen LogP contribution in [0.3, 0.4) is 0 Å². The van der Waals surface area contributed by atoms with Crippen LogP contribution in [0.5, 0.6) is 5.75 Å². The average Bonchev–Trinajstić information content (AvgIpc) is 2.22. The Bertz CT molecular complexity index is 517. The number of phenolic OH excluding ortho intramolecular Hbond substituents is 1. The molecule has 3 heteroatoms. The highest BCUT2D eigenvalue weighted by molar-refractivity contribution is 5.27. The number of hydrogen-bond acceptors (Lipinski definition) is 2. The first kappa shape index (κ1) is 9.52. The number of benzene rings is 1. The Kier molecular flexibility index (Phi) is 2.54. The standard InChI is InChI=1S/C12H11NO2/c14-11-5-3-4-10(8-11)9-13-7-2-1-6-12(13)15/h1-8,14H,9H2. The van der Waals surface area contributed by atoms with Gasteiger partial charge in [-0.25, -0.2) is 0 Å². The Labute approximate surface area is 87.2 Å². The summed E-state index contributed by atoms with van der Waals surface area (Å²) < 4.78 is 1.59. The van der Waals surface area contributed by atoms with E-state index in [4.69, 9.17) is 0 Å². The second-order valence-electron chi connectivity index (χ2n) is 3.34. The van der Waals surface area contributed by atoms with Gasteiger partial charge in [-0.3, -0.25) is 4.79 Å². The summed E-state index contributed by atoms with van der Waals surface area (Å²) >= 11 is 0. The van der Waals surface area contributed by atoms with E-state index in [1.807, 2.05) is 12.1 Å². The van der Waals surface area contributed by atoms with E-state index < -0.39 is 0 Å². The Hall–Kier alpha value is -2.03. The number of aromatic hydroxyl groups is 1. The third-order valence-corrected chi connectivity index (χ3v) is 2.16. The van der Waals surface area contributed by atoms with Gasteiger partial charge >= 0.3 is 0 Å². The van der Waals surface area contributed by atoms with E-state index in [-0.39, 0.29) is 11.3 Å². The van der Waals surface area contributed by atoms with Crippen molar-refractivity contribution in [2.75, 3.05) is 0 Å². The van der Waals surface area contributed by atoms with Gasteiger partial charge in [0, 0.05) is 12.3 Å². The molecule has 0 aliphatic carbocycles. The second kappa shape index (κ2) is 4.00. The van der Waals surface area contributed by atoms with E-state index in [1.54, 1.807) is 35.0 Å². The summed E-state index contributed by atoms with van der Waals surface area (Å²) in [6.45, 7) is 0.480. The number of phenols is 1. The van der Waals surface area contributed by atoms with Gasteiger partial charge in [0.15, 0.2) is 0 Å². The van der Waals surface area contributed by atoms with E-state index >= 15 is 0 Å². The zero-order valence-electron chi connectivity index (χ0n) is 8.13. The minimum Gasteiger partial charge on any atom is -0.508 e. The van der Waals surface area contributed by atoms with Gasteiger partial charge in [-0.15, -0.1) is 0 Å². The minimum atomic E-state index is -0.0409. The molecule has 1 heterocycles. The Morgan fingerprint density at radius 2 is 2.00 bits per heavy atom. The van der Waals surface area contributed by atoms with Gasteiger partial charge in [-0.1, -0.05) is 18.2 Å². The molecule has 1 N–H and O–H groups in total. The lowest BCUT2D eigenvalue weighted by molar-refractivity contribution is 0.474. The molecule has 0 amide bonds. The van der Waals surface area contributed by atoms with Crippen LogP contribution in [-0.4, -0.2) is 9.67 Å². The van der Waals surface area contributed by atoms with Gasteiger partial charge in [0.25, 0.3) is 5.56 Å². The van der Waals surface area contributed by atoms with E-state index in [0.29, 0.717) is 6.54 Å². The smallest absolute Gasteiger partial charge is 0.250 e. The fourth-order valence-electron chi connectivity index (χ4n) is 1.44. The van der Waals surface area contributed by atoms with Crippen molar-refractivity contribution in [3.8, 4) is 5.75 Å². The second-order valence-corrected chi connectivity index (χ2v) is 3.34. The fourth-order valence-corrected chi connectivity index (χ4v) is 1.44. The molecule has 0 fully saturated rings. The van der Waals surface area contributed by atoms with E-state index in [2.05, 4.69) is 0 Å². The van der Waals surface area contributed by atoms with Crippen molar-refractivity contribution in [3.63, 3.8) is 0 Å². The SMILES string of the molecule is O=c1ccccn1Cc1cccc(O)c1. The summed E-state index contributed by atoms with van der Waals surface area (Å²) in [5.74, 6) is 0.219. The van der Waals surface area contributed by atoms with E-state index in [1.165, 1.54) is 6.07 Å². The van der Waals surface area contributed by atoms with Crippen molar-refractivity contribution < 1.29 is 5.11 Å². The zero-order valence-corrected chi connectivity index (χ0v) is 8.13. The summed E-state index contributed by atoms with van der Waals surface area (Å²) in [6.07, 6.45) is 1.73. The zero-order chi connectivity index (χ0) is 10.7. The Balaban J connectivity index is 2.30. The molecule has 1 aromatic carbocycles. The highest BCUT2D eigenvalue weighted by Gasteiger charge is 1.97. The van der Waals surface area contributed by atoms with Crippen molar-refractivity contribution in [1.29, 1.82) is 0 Å². The van der Waals surface area contributed by atoms with Crippen molar-refractivity contribution in [1.82, 2.24) is 4.57 Å². The van der Waals surface area contributed by atoms with Crippen LogP contribution in [0.25, 0.3) is 0 Å². The third kappa shape index (κ3) is 2.26. The summed E-state index contributed by atoms with van der Waals surface area (Å²) in [5.41, 5.74) is 0.865. The predicted molar refractivity (Wildman–Crippen MR) is 57.9 cm³/mol. The van der Waals surface area contributed by atoms with E-state index in [9.17, 15) is 9.90 Å². The van der Waals surface area contributed by atoms with Gasteiger partial charge in [0.2, 0.25) is 0 Å². The van der Waals surface area contributed by atoms with Crippen molar-refractivity contribution in [2.24, 2.45) is 0 Å². The number of pyridine rings is 1. The quantitative estimate of drug-likeness (QED) is 0.801. The van der Waals surface area contributed by atoms with Crippen molar-refractivity contribution in [3.05, 3.63) is 64.6 Å². The first-order valence-electron chi connectivity index (χ1n) is 4.69. The monoisotopic (exact) mass is 201 g/mol. The number of hydrogen-bond donors (Lipinski definition) is 1. The normalized spacial score (nSPS) is 10.1. The van der Waals surface area contributed by atoms with Crippen LogP contribution in [0.15, 0.2) is 53.5 Å². The van der Waals surface area contributed by atoms with Gasteiger partial charge in [0.1, 0.15) is 5.75 Å². The summed E-state index contributed by atoms with van der Waals surface area (Å²) in [7, 11) is 0. The van der Waals surface area contributed by atoms with Crippen molar-refractivity contribution >= 4 is 0 Å². The number of rotatable bonds is 2. The molecule has 0 saturated heterocycles. The lowest BCUT2D eigenvalue weighted by atomic mass is 10.2. The van der Waals surface area contributed by atoms with Gasteiger partial charge in [-0.2, -0.15) is 0 Å². The topological polar surface area (TPSA) is 42.2 Å². The maximum atomic E-state index is 11.4. The molecule has 1 aromatic heterocycles. The molecule has 0 bridgehead atoms. The molecule has 2 aromatic rings. The number of aromatic nitrogens is 1. The van der Waals surface area contributed by atoms with Crippen LogP contribution in [0.1, 0.15) is 5.56 Å². The van der Waals surface area contributed by atoms with Crippen molar-refractivity contribution in [2.45, 2.75) is 6.54 Å². The molecule has 0 aliphatic heterocycles. The molecule has 0 atom stereocenters. The van der Waals surface area contributed by atoms with Crippen LogP contribution < -0.4 is 5.56 Å². The number of nitrogens with zero attached hydrogens (tertiary/aromatic N) is 1. The molecule has 0 unspecified atom stereocenters. The lowest BCUT2D eigenvalue weighted by Crippen LogP contribution is -2.18. The molecular formula is C12H11NO2. The largest absolute Gasteiger partial charge is 0.508 e. The molecule has 76 valence electrons. The lowest BCUT2D eigenvalue weighted by Gasteiger charge is -2.04. The third-order valence-electron chi connectivity index (χ3n) is 2.16. The average molecular weight is 201 g/mol. The molecule has 15 heavy (non-hydrogen) atoms. The molecule has 0 spiro atoms. The van der Waals surface area contributed by atoms with Gasteiger partial charge in [-0.05, 0) is 23.8 Å². The highest BCUT2D eigenvalue weighted by atomic mass is 16.3. The first-order chi connectivity index (χ1) is 7.25. The fraction of sp³-hybridized carbons (Fsp3) is 0.0833. The molecule has 0 radical (unpaired) electrons. The van der Waals surface area contributed by atoms with Crippen LogP contribution in [-0.2, 0) is 6.54 Å². The Morgan fingerprint density at radius 3 is 2.73 bits per heavy atom. The molecule has 2 rings (SSSR count). The summed E-state index contributed by atoms with van der Waals surface area (Å²) in [6, 6.07) is 11.9. The van der Waals surface area contributed by atoms with Gasteiger partial charge < -0.3 is 9.67 Å². The maximum absolute atomic E-state index is 11.4. The molecule has 0 saturated carbocycles. The first-order valence-corrected chi connectivity index (χ1v) is 4.69. The highest BCUT2D eigenvalue weighted by Crippen LogP contribution is 2.11. The maximum Gasteiger partial charge on any atom is 0.250 e. The Morgan fingerprint density at radius 1 is 1.13 bits per heavy atom. The minimum absolute atomic E-state index is 0.0409. The van der Waals surface area contributed by atoms with Crippen LogP contribution in [0.4, 0.5) is 0 Å². The predicted octanol–water partition coefficient (Wildman–Crippen LogP) is 1.60. The summed E-state index contributed by atoms with van der Waals surface area (Å²) in [5, 5.41) is 9.27. The molecule has 3 nitrogen and oxygen atoms in total. The summed E-state index contributed by atoms with van der Waals surface area (Å²) in [4.78, 5) is 11.4. The molecular weight excluding hydrogens is 190 g/mol. The van der Waals surface area contributed by atoms with Crippen LogP contribution in [0.2, 0.25) is 0 Å². The van der Waals surface area contributed by atoms with Gasteiger partial charge in [0.05, 0.1) is 6.54 Å². The van der Waals surface area contributed by atoms with Crippen LogP contribution in [0, 0.1) is 0 Å². The van der Waals surface area contributed by atoms with Crippen LogP contribution >= 0.6 is 0 Å².